The Hall–Kier alpha value is -0.990. The Morgan fingerprint density at radius 2 is 1.82 bits per heavy atom. The predicted octanol–water partition coefficient (Wildman–Crippen LogP) is 3.40. The summed E-state index contributed by atoms with van der Waals surface area (Å²) in [6.07, 6.45) is 2.92. The zero-order valence-corrected chi connectivity index (χ0v) is 11.8. The molecule has 0 atom stereocenters. The molecule has 0 aliphatic carbocycles. The van der Waals surface area contributed by atoms with Crippen LogP contribution in [0.25, 0.3) is 0 Å². The Balaban J connectivity index is 3.01. The first-order chi connectivity index (χ1) is 7.95. The van der Waals surface area contributed by atoms with E-state index in [0.717, 1.165) is 37.1 Å². The molecule has 0 aromatic carbocycles. The molecule has 0 unspecified atom stereocenters. The van der Waals surface area contributed by atoms with Gasteiger partial charge in [0, 0.05) is 12.1 Å². The molecule has 3 heteroatoms. The molecule has 3 nitrogen and oxygen atoms in total. The van der Waals surface area contributed by atoms with E-state index >= 15 is 0 Å². The predicted molar refractivity (Wildman–Crippen MR) is 71.3 cm³/mol. The van der Waals surface area contributed by atoms with Crippen molar-refractivity contribution in [2.24, 2.45) is 11.8 Å². The van der Waals surface area contributed by atoms with Gasteiger partial charge in [0.05, 0.1) is 5.69 Å². The summed E-state index contributed by atoms with van der Waals surface area (Å²) >= 11 is 0. The number of aromatic nitrogens is 2. The van der Waals surface area contributed by atoms with Crippen molar-refractivity contribution < 1.29 is 5.11 Å². The molecular formula is C14H26N2O. The zero-order chi connectivity index (χ0) is 13.0. The number of aromatic hydroxyl groups is 1. The van der Waals surface area contributed by atoms with Crippen LogP contribution in [-0.4, -0.2) is 14.9 Å². The molecule has 1 aromatic heterocycles. The Morgan fingerprint density at radius 1 is 1.18 bits per heavy atom. The lowest BCUT2D eigenvalue weighted by Gasteiger charge is -2.06. The van der Waals surface area contributed by atoms with Gasteiger partial charge in [0.2, 0.25) is 5.88 Å². The average Bonchev–Trinajstić information content (AvgIpc) is 2.45. The van der Waals surface area contributed by atoms with Gasteiger partial charge in [0.25, 0.3) is 0 Å². The van der Waals surface area contributed by atoms with Gasteiger partial charge in [-0.2, -0.15) is 5.10 Å². The fourth-order valence-electron chi connectivity index (χ4n) is 2.07. The summed E-state index contributed by atoms with van der Waals surface area (Å²) in [6.45, 7) is 11.6. The standard InChI is InChI=1S/C14H26N2O/c1-6-7-12-13(8-10(2)3)15-16(14(12)17)9-11(4)5/h10-11,17H,6-9H2,1-5H3. The van der Waals surface area contributed by atoms with Gasteiger partial charge in [-0.3, -0.25) is 0 Å². The van der Waals surface area contributed by atoms with E-state index in [1.807, 2.05) is 0 Å². The van der Waals surface area contributed by atoms with Crippen molar-refractivity contribution in [3.63, 3.8) is 0 Å². The summed E-state index contributed by atoms with van der Waals surface area (Å²) in [5, 5.41) is 14.8. The van der Waals surface area contributed by atoms with E-state index in [4.69, 9.17) is 0 Å². The average molecular weight is 238 g/mol. The maximum atomic E-state index is 10.2. The van der Waals surface area contributed by atoms with Crippen molar-refractivity contribution in [3.05, 3.63) is 11.3 Å². The minimum absolute atomic E-state index is 0.385. The minimum atomic E-state index is 0.385. The smallest absolute Gasteiger partial charge is 0.212 e. The van der Waals surface area contributed by atoms with E-state index in [-0.39, 0.29) is 0 Å². The van der Waals surface area contributed by atoms with Crippen LogP contribution in [0.3, 0.4) is 0 Å². The summed E-state index contributed by atoms with van der Waals surface area (Å²) in [5.74, 6) is 1.46. The molecule has 0 aliphatic rings. The molecule has 1 aromatic rings. The molecule has 0 spiro atoms. The lowest BCUT2D eigenvalue weighted by molar-refractivity contribution is 0.368. The van der Waals surface area contributed by atoms with Crippen LogP contribution >= 0.6 is 0 Å². The third kappa shape index (κ3) is 3.76. The van der Waals surface area contributed by atoms with Gasteiger partial charge >= 0.3 is 0 Å². The molecule has 0 fully saturated rings. The highest BCUT2D eigenvalue weighted by Gasteiger charge is 2.17. The minimum Gasteiger partial charge on any atom is -0.493 e. The van der Waals surface area contributed by atoms with E-state index < -0.39 is 0 Å². The molecule has 0 saturated heterocycles. The van der Waals surface area contributed by atoms with E-state index in [1.54, 1.807) is 4.68 Å². The SMILES string of the molecule is CCCc1c(CC(C)C)nn(CC(C)C)c1O. The third-order valence-electron chi connectivity index (χ3n) is 2.74. The summed E-state index contributed by atoms with van der Waals surface area (Å²) < 4.78 is 1.77. The Kier molecular flexibility index (Phi) is 5.03. The van der Waals surface area contributed by atoms with Crippen LogP contribution in [0.15, 0.2) is 0 Å². The summed E-state index contributed by atoms with van der Waals surface area (Å²) in [4.78, 5) is 0. The molecular weight excluding hydrogens is 212 g/mol. The topological polar surface area (TPSA) is 38.0 Å². The normalized spacial score (nSPS) is 11.7. The highest BCUT2D eigenvalue weighted by molar-refractivity contribution is 5.31. The molecule has 17 heavy (non-hydrogen) atoms. The molecule has 1 rings (SSSR count). The van der Waals surface area contributed by atoms with Crippen LogP contribution in [0.1, 0.15) is 52.3 Å². The molecule has 1 heterocycles. The quantitative estimate of drug-likeness (QED) is 0.825. The fraction of sp³-hybridized carbons (Fsp3) is 0.786. The molecule has 98 valence electrons. The van der Waals surface area contributed by atoms with Crippen molar-refractivity contribution in [2.75, 3.05) is 0 Å². The Morgan fingerprint density at radius 3 is 2.29 bits per heavy atom. The van der Waals surface area contributed by atoms with Gasteiger partial charge in [0.15, 0.2) is 0 Å². The molecule has 0 saturated carbocycles. The second-order valence-electron chi connectivity index (χ2n) is 5.67. The van der Waals surface area contributed by atoms with Gasteiger partial charge in [-0.1, -0.05) is 41.0 Å². The summed E-state index contributed by atoms with van der Waals surface area (Å²) in [7, 11) is 0. The largest absolute Gasteiger partial charge is 0.493 e. The van der Waals surface area contributed by atoms with Crippen molar-refractivity contribution in [1.29, 1.82) is 0 Å². The Bertz CT molecular complexity index is 353. The number of hydrogen-bond acceptors (Lipinski definition) is 2. The number of hydrogen-bond donors (Lipinski definition) is 1. The van der Waals surface area contributed by atoms with E-state index in [1.165, 1.54) is 0 Å². The van der Waals surface area contributed by atoms with E-state index in [2.05, 4.69) is 39.7 Å². The maximum Gasteiger partial charge on any atom is 0.212 e. The van der Waals surface area contributed by atoms with E-state index in [9.17, 15) is 5.11 Å². The first-order valence-electron chi connectivity index (χ1n) is 6.73. The first kappa shape index (κ1) is 14.1. The third-order valence-corrected chi connectivity index (χ3v) is 2.74. The van der Waals surface area contributed by atoms with Gasteiger partial charge < -0.3 is 5.11 Å². The van der Waals surface area contributed by atoms with Gasteiger partial charge in [0.1, 0.15) is 0 Å². The van der Waals surface area contributed by atoms with Crippen LogP contribution in [0, 0.1) is 11.8 Å². The fourth-order valence-corrected chi connectivity index (χ4v) is 2.07. The lowest BCUT2D eigenvalue weighted by Crippen LogP contribution is -2.06. The monoisotopic (exact) mass is 238 g/mol. The highest BCUT2D eigenvalue weighted by Crippen LogP contribution is 2.25. The molecule has 0 amide bonds. The van der Waals surface area contributed by atoms with Crippen LogP contribution < -0.4 is 0 Å². The molecule has 0 bridgehead atoms. The van der Waals surface area contributed by atoms with Gasteiger partial charge in [-0.15, -0.1) is 0 Å². The highest BCUT2D eigenvalue weighted by atomic mass is 16.3. The van der Waals surface area contributed by atoms with Crippen molar-refractivity contribution in [1.82, 2.24) is 9.78 Å². The number of rotatable bonds is 6. The van der Waals surface area contributed by atoms with Crippen LogP contribution in [0.2, 0.25) is 0 Å². The maximum absolute atomic E-state index is 10.2. The molecule has 0 aliphatic heterocycles. The van der Waals surface area contributed by atoms with Crippen LogP contribution in [-0.2, 0) is 19.4 Å². The zero-order valence-electron chi connectivity index (χ0n) is 11.8. The molecule has 1 N–H and O–H groups in total. The lowest BCUT2D eigenvalue weighted by atomic mass is 10.0. The van der Waals surface area contributed by atoms with Crippen LogP contribution in [0.5, 0.6) is 5.88 Å². The summed E-state index contributed by atoms with van der Waals surface area (Å²) in [5.41, 5.74) is 2.14. The molecule has 0 radical (unpaired) electrons. The van der Waals surface area contributed by atoms with E-state index in [0.29, 0.717) is 17.7 Å². The second kappa shape index (κ2) is 6.08. The van der Waals surface area contributed by atoms with Crippen molar-refractivity contribution >= 4 is 0 Å². The first-order valence-corrected chi connectivity index (χ1v) is 6.73. The second-order valence-corrected chi connectivity index (χ2v) is 5.67. The van der Waals surface area contributed by atoms with Crippen LogP contribution in [0.4, 0.5) is 0 Å². The van der Waals surface area contributed by atoms with Crippen molar-refractivity contribution in [2.45, 2.75) is 60.4 Å². The van der Waals surface area contributed by atoms with Crippen molar-refractivity contribution in [3.8, 4) is 5.88 Å². The van der Waals surface area contributed by atoms with Gasteiger partial charge in [-0.05, 0) is 24.7 Å². The Labute approximate surface area is 105 Å². The van der Waals surface area contributed by atoms with Gasteiger partial charge in [-0.25, -0.2) is 4.68 Å². The number of nitrogens with zero attached hydrogens (tertiary/aromatic N) is 2. The summed E-state index contributed by atoms with van der Waals surface area (Å²) in [6, 6.07) is 0.